The second-order valence-corrected chi connectivity index (χ2v) is 12.5. The highest BCUT2D eigenvalue weighted by molar-refractivity contribution is 5.70. The first-order valence-electron chi connectivity index (χ1n) is 15.2. The van der Waals surface area contributed by atoms with Gasteiger partial charge in [-0.25, -0.2) is 4.98 Å². The summed E-state index contributed by atoms with van der Waals surface area (Å²) in [5.41, 5.74) is 2.31. The van der Waals surface area contributed by atoms with E-state index in [1.54, 1.807) is 7.11 Å². The molecular weight excluding hydrogens is 528 g/mol. The largest absolute Gasteiger partial charge is 0.497 e. The van der Waals surface area contributed by atoms with Crippen LogP contribution in [0.5, 0.6) is 11.5 Å². The maximum Gasteiger partial charge on any atom is 0.306 e. The molecule has 7 nitrogen and oxygen atoms in total. The van der Waals surface area contributed by atoms with Crippen molar-refractivity contribution in [1.29, 1.82) is 0 Å². The Labute approximate surface area is 249 Å². The van der Waals surface area contributed by atoms with Gasteiger partial charge in [0.15, 0.2) is 0 Å². The Bertz CT molecular complexity index is 1290. The van der Waals surface area contributed by atoms with Gasteiger partial charge in [0.2, 0.25) is 0 Å². The molecular formula is C35H44N2O5. The first-order chi connectivity index (χ1) is 20.2. The number of carboxylic acid groups (broad SMARTS) is 1. The van der Waals surface area contributed by atoms with Gasteiger partial charge < -0.3 is 24.2 Å². The number of carboxylic acids is 1. The van der Waals surface area contributed by atoms with E-state index in [0.717, 1.165) is 69.1 Å². The third-order valence-corrected chi connectivity index (χ3v) is 9.00. The van der Waals surface area contributed by atoms with E-state index in [1.807, 2.05) is 30.5 Å². The van der Waals surface area contributed by atoms with Crippen LogP contribution in [0.15, 0.2) is 72.9 Å². The predicted octanol–water partition coefficient (Wildman–Crippen LogP) is 7.04. The van der Waals surface area contributed by atoms with E-state index in [-0.39, 0.29) is 23.0 Å². The number of ether oxygens (including phenoxy) is 3. The van der Waals surface area contributed by atoms with Gasteiger partial charge in [0.1, 0.15) is 17.3 Å². The lowest BCUT2D eigenvalue weighted by Gasteiger charge is -2.46. The summed E-state index contributed by atoms with van der Waals surface area (Å²) in [5.74, 6) is 1.75. The number of pyridine rings is 1. The third-order valence-electron chi connectivity index (χ3n) is 9.00. The van der Waals surface area contributed by atoms with Gasteiger partial charge in [0, 0.05) is 31.3 Å². The van der Waals surface area contributed by atoms with Gasteiger partial charge in [-0.2, -0.15) is 0 Å². The second-order valence-electron chi connectivity index (χ2n) is 12.5. The average Bonchev–Trinajstić information content (AvgIpc) is 3.00. The number of aromatic nitrogens is 1. The summed E-state index contributed by atoms with van der Waals surface area (Å²) in [7, 11) is 1.71. The molecule has 42 heavy (non-hydrogen) atoms. The van der Waals surface area contributed by atoms with Crippen LogP contribution in [0.25, 0.3) is 0 Å². The second kappa shape index (κ2) is 13.2. The summed E-state index contributed by atoms with van der Waals surface area (Å²) in [6.07, 6.45) is 7.75. The average molecular weight is 573 g/mol. The normalized spacial score (nSPS) is 23.6. The van der Waals surface area contributed by atoms with Gasteiger partial charge in [-0.1, -0.05) is 30.3 Å². The molecule has 0 amide bonds. The van der Waals surface area contributed by atoms with Crippen LogP contribution >= 0.6 is 0 Å². The fraction of sp³-hybridized carbons (Fsp3) is 0.486. The van der Waals surface area contributed by atoms with Crippen LogP contribution in [0.2, 0.25) is 0 Å². The van der Waals surface area contributed by atoms with E-state index in [4.69, 9.17) is 19.2 Å². The maximum atomic E-state index is 11.3. The molecule has 1 aliphatic heterocycles. The topological polar surface area (TPSA) is 81.1 Å². The smallest absolute Gasteiger partial charge is 0.306 e. The minimum atomic E-state index is -0.689. The van der Waals surface area contributed by atoms with Crippen LogP contribution in [0.4, 0.5) is 5.82 Å². The lowest BCUT2D eigenvalue weighted by molar-refractivity contribution is -0.143. The summed E-state index contributed by atoms with van der Waals surface area (Å²) >= 11 is 0. The van der Waals surface area contributed by atoms with Crippen molar-refractivity contribution in [2.75, 3.05) is 25.2 Å². The number of rotatable bonds is 11. The molecule has 2 aliphatic rings. The highest BCUT2D eigenvalue weighted by Crippen LogP contribution is 2.44. The molecule has 1 unspecified atom stereocenters. The Balaban J connectivity index is 1.30. The van der Waals surface area contributed by atoms with E-state index in [1.165, 1.54) is 11.1 Å². The molecule has 0 bridgehead atoms. The Morgan fingerprint density at radius 1 is 1.00 bits per heavy atom. The van der Waals surface area contributed by atoms with Crippen molar-refractivity contribution in [1.82, 2.24) is 4.98 Å². The number of anilines is 1. The van der Waals surface area contributed by atoms with E-state index in [0.29, 0.717) is 12.8 Å². The van der Waals surface area contributed by atoms with Gasteiger partial charge in [-0.05, 0) is 106 Å². The summed E-state index contributed by atoms with van der Waals surface area (Å²) in [4.78, 5) is 18.4. The highest BCUT2D eigenvalue weighted by atomic mass is 16.5. The third kappa shape index (κ3) is 7.43. The summed E-state index contributed by atoms with van der Waals surface area (Å²) in [6, 6.07) is 23.0. The molecule has 7 heteroatoms. The molecule has 1 saturated carbocycles. The summed E-state index contributed by atoms with van der Waals surface area (Å²) < 4.78 is 17.8. The van der Waals surface area contributed by atoms with Gasteiger partial charge in [0.25, 0.3) is 0 Å². The standard InChI is InChI=1S/C35H44N2O5/c1-34(2)25-35(20-23-41-34,28-11-17-29(40-3)18-12-28)19-22-37(32-6-4-5-21-36-32)24-26-7-13-30(14-8-26)42-31-15-9-27(10-16-31)33(38)39/h4-8,11-14,17-18,21,27,31H,9-10,15-16,19-20,22-25H2,1-3H3,(H,38,39)/t27-,31-,35?. The molecule has 1 saturated heterocycles. The van der Waals surface area contributed by atoms with E-state index >= 15 is 0 Å². The van der Waals surface area contributed by atoms with Crippen LogP contribution in [-0.4, -0.2) is 48.0 Å². The first kappa shape index (κ1) is 29.9. The summed E-state index contributed by atoms with van der Waals surface area (Å²) in [6.45, 7) is 6.72. The Morgan fingerprint density at radius 2 is 1.71 bits per heavy atom. The van der Waals surface area contributed by atoms with Gasteiger partial charge in [-0.15, -0.1) is 0 Å². The number of carbonyl (C=O) groups is 1. The minimum Gasteiger partial charge on any atom is -0.497 e. The van der Waals surface area contributed by atoms with Crippen molar-refractivity contribution < 1.29 is 24.1 Å². The molecule has 5 rings (SSSR count). The Morgan fingerprint density at radius 3 is 2.33 bits per heavy atom. The van der Waals surface area contributed by atoms with Crippen molar-refractivity contribution in [3.05, 3.63) is 84.1 Å². The van der Waals surface area contributed by atoms with E-state index < -0.39 is 5.97 Å². The number of hydrogen-bond acceptors (Lipinski definition) is 6. The minimum absolute atomic E-state index is 0.0155. The van der Waals surface area contributed by atoms with Gasteiger partial charge in [-0.3, -0.25) is 4.79 Å². The number of benzene rings is 2. The van der Waals surface area contributed by atoms with Crippen molar-refractivity contribution in [2.45, 2.75) is 82.5 Å². The zero-order valence-electron chi connectivity index (χ0n) is 25.1. The molecule has 1 aromatic heterocycles. The van der Waals surface area contributed by atoms with Crippen molar-refractivity contribution >= 4 is 11.8 Å². The van der Waals surface area contributed by atoms with Crippen molar-refractivity contribution in [3.63, 3.8) is 0 Å². The first-order valence-corrected chi connectivity index (χ1v) is 15.2. The zero-order chi connectivity index (χ0) is 29.6. The molecule has 2 fully saturated rings. The SMILES string of the molecule is COc1ccc(C2(CCN(Cc3ccc(O[C@H]4CC[C@H](C(=O)O)CC4)cc3)c3ccccn3)CCOC(C)(C)C2)cc1. The Kier molecular flexibility index (Phi) is 9.37. The summed E-state index contributed by atoms with van der Waals surface area (Å²) in [5, 5.41) is 9.27. The molecule has 1 N–H and O–H groups in total. The Hall–Kier alpha value is -3.58. The molecule has 0 spiro atoms. The number of aliphatic carboxylic acids is 1. The number of nitrogens with zero attached hydrogens (tertiary/aromatic N) is 2. The van der Waals surface area contributed by atoms with E-state index in [9.17, 15) is 9.90 Å². The highest BCUT2D eigenvalue weighted by Gasteiger charge is 2.42. The fourth-order valence-electron chi connectivity index (χ4n) is 6.70. The number of methoxy groups -OCH3 is 1. The lowest BCUT2D eigenvalue weighted by atomic mass is 9.67. The molecule has 2 aromatic carbocycles. The van der Waals surface area contributed by atoms with E-state index in [2.05, 4.69) is 61.2 Å². The molecule has 224 valence electrons. The van der Waals surface area contributed by atoms with Crippen LogP contribution in [0, 0.1) is 5.92 Å². The fourth-order valence-corrected chi connectivity index (χ4v) is 6.70. The molecule has 2 heterocycles. The quantitative estimate of drug-likeness (QED) is 0.264. The van der Waals surface area contributed by atoms with Crippen LogP contribution in [0.3, 0.4) is 0 Å². The predicted molar refractivity (Wildman–Crippen MR) is 164 cm³/mol. The van der Waals surface area contributed by atoms with Crippen molar-refractivity contribution in [2.24, 2.45) is 5.92 Å². The van der Waals surface area contributed by atoms with Crippen LogP contribution < -0.4 is 14.4 Å². The van der Waals surface area contributed by atoms with Crippen LogP contribution in [-0.2, 0) is 21.5 Å². The van der Waals surface area contributed by atoms with Crippen molar-refractivity contribution in [3.8, 4) is 11.5 Å². The van der Waals surface area contributed by atoms with Gasteiger partial charge >= 0.3 is 5.97 Å². The molecule has 0 radical (unpaired) electrons. The van der Waals surface area contributed by atoms with Gasteiger partial charge in [0.05, 0.1) is 24.7 Å². The molecule has 1 atom stereocenters. The number of hydrogen-bond donors (Lipinski definition) is 1. The lowest BCUT2D eigenvalue weighted by Crippen LogP contribution is -2.45. The molecule has 3 aromatic rings. The maximum absolute atomic E-state index is 11.3. The molecule has 1 aliphatic carbocycles. The van der Waals surface area contributed by atoms with Crippen LogP contribution in [0.1, 0.15) is 69.9 Å². The zero-order valence-corrected chi connectivity index (χ0v) is 25.1. The monoisotopic (exact) mass is 572 g/mol.